The van der Waals surface area contributed by atoms with Gasteiger partial charge in [-0.1, -0.05) is 32.0 Å². The summed E-state index contributed by atoms with van der Waals surface area (Å²) in [6.45, 7) is 3.45. The fourth-order valence-electron chi connectivity index (χ4n) is 8.57. The number of aliphatic imine (C=N–C) groups is 1. The first-order valence-electron chi connectivity index (χ1n) is 25.8. The van der Waals surface area contributed by atoms with Crippen LogP contribution in [0.3, 0.4) is 0 Å². The van der Waals surface area contributed by atoms with Gasteiger partial charge in [0.25, 0.3) is 0 Å². The van der Waals surface area contributed by atoms with E-state index in [1.165, 1.54) is 11.8 Å². The minimum Gasteiger partial charge on any atom is -0.480 e. The van der Waals surface area contributed by atoms with Crippen LogP contribution in [0.25, 0.3) is 10.9 Å². The first-order chi connectivity index (χ1) is 37.6. The zero-order chi connectivity index (χ0) is 60.0. The van der Waals surface area contributed by atoms with E-state index in [1.54, 1.807) is 44.3 Å². The quantitative estimate of drug-likeness (QED) is 0.0176. The molecule has 23 N–H and O–H groups in total. The number of primary amides is 3. The summed E-state index contributed by atoms with van der Waals surface area (Å²) < 4.78 is 0. The number of hydrogen-bond acceptors (Lipinski definition) is 16. The van der Waals surface area contributed by atoms with Crippen LogP contribution in [0.1, 0.15) is 90.5 Å². The van der Waals surface area contributed by atoms with Gasteiger partial charge in [0, 0.05) is 49.5 Å². The second-order valence-corrected chi connectivity index (χ2v) is 19.7. The first kappa shape index (κ1) is 65.8. The summed E-state index contributed by atoms with van der Waals surface area (Å²) in [7, 11) is 0. The molecule has 1 aromatic heterocycles. The van der Waals surface area contributed by atoms with Crippen molar-refractivity contribution in [3.8, 4) is 0 Å². The number of carbonyl (C=O) groups is 12. The number of fused-ring (bicyclic) bond motifs is 1. The average molecular weight is 1130 g/mol. The summed E-state index contributed by atoms with van der Waals surface area (Å²) in [6.07, 6.45) is -2.11. The Balaban J connectivity index is 1.94. The summed E-state index contributed by atoms with van der Waals surface area (Å²) in [6, 6.07) is -6.99. The number of aliphatic hydroxyl groups excluding tert-OH is 2. The van der Waals surface area contributed by atoms with Crippen LogP contribution in [0.4, 0.5) is 0 Å². The molecule has 0 bridgehead atoms. The van der Waals surface area contributed by atoms with Crippen molar-refractivity contribution in [1.82, 2.24) is 47.1 Å². The monoisotopic (exact) mass is 1130 g/mol. The van der Waals surface area contributed by atoms with Gasteiger partial charge in [-0.3, -0.25) is 57.7 Å². The fraction of sp³-hybridized carbons (Fsp3) is 0.571. The van der Waals surface area contributed by atoms with E-state index in [-0.39, 0.29) is 82.8 Å². The zero-order valence-corrected chi connectivity index (χ0v) is 44.7. The van der Waals surface area contributed by atoms with Crippen molar-refractivity contribution in [3.63, 3.8) is 0 Å². The summed E-state index contributed by atoms with van der Waals surface area (Å²) >= 11 is 0. The number of aromatic nitrogens is 1. The maximum atomic E-state index is 14.8. The van der Waals surface area contributed by atoms with Crippen molar-refractivity contribution in [2.45, 2.75) is 152 Å². The molecular formula is C49H76N16O15. The third-order valence-electron chi connectivity index (χ3n) is 12.7. The van der Waals surface area contributed by atoms with Crippen LogP contribution < -0.4 is 71.6 Å². The normalized spacial score (nSPS) is 16.4. The van der Waals surface area contributed by atoms with Crippen molar-refractivity contribution in [3.05, 3.63) is 36.0 Å². The number of likely N-dealkylation sites (tertiary alicyclic amines) is 1. The van der Waals surface area contributed by atoms with E-state index >= 15 is 0 Å². The molecule has 0 spiro atoms. The van der Waals surface area contributed by atoms with Crippen LogP contribution in [-0.4, -0.2) is 182 Å². The third kappa shape index (κ3) is 21.1. The molecule has 2 heterocycles. The van der Waals surface area contributed by atoms with E-state index in [1.807, 2.05) is 0 Å². The molecule has 0 saturated carbocycles. The van der Waals surface area contributed by atoms with Gasteiger partial charge in [0.15, 0.2) is 12.0 Å². The lowest BCUT2D eigenvalue weighted by Crippen LogP contribution is -2.61. The maximum absolute atomic E-state index is 14.8. The number of hydrogen-bond donors (Lipinski definition) is 17. The fourth-order valence-corrected chi connectivity index (χ4v) is 8.57. The minimum absolute atomic E-state index is 0.00829. The van der Waals surface area contributed by atoms with Gasteiger partial charge >= 0.3 is 5.97 Å². The van der Waals surface area contributed by atoms with Crippen LogP contribution in [0.5, 0.6) is 0 Å². The number of para-hydroxylation sites is 1. The number of carbonyl (C=O) groups excluding carboxylic acids is 11. The lowest BCUT2D eigenvalue weighted by molar-refractivity contribution is -0.146. The number of carboxylic acids is 1. The van der Waals surface area contributed by atoms with Gasteiger partial charge in [-0.15, -0.1) is 0 Å². The number of amides is 11. The number of rotatable bonds is 34. The second-order valence-electron chi connectivity index (χ2n) is 19.7. The van der Waals surface area contributed by atoms with E-state index in [0.29, 0.717) is 16.5 Å². The molecule has 0 radical (unpaired) electrons. The number of H-pyrrole nitrogens is 1. The predicted molar refractivity (Wildman–Crippen MR) is 285 cm³/mol. The molecule has 442 valence electrons. The molecule has 1 aliphatic rings. The molecule has 31 nitrogen and oxygen atoms in total. The summed E-state index contributed by atoms with van der Waals surface area (Å²) in [4.78, 5) is 166. The Morgan fingerprint density at radius 2 is 1.24 bits per heavy atom. The Morgan fingerprint density at radius 1 is 0.688 bits per heavy atom. The SMILES string of the molecule is CC(C)C[C@H](NC(=O)[C@@H]1CCCN1C(=O)[C@H](Cc1c[nH]c2ccccc12)NC(=O)[C@H](CC(N)=O)NC(=O)[C@H](CO)NC(=O)[C@H](CCCN=C(N)N)NC(=O)[C@H](CCC(N)=O)NC(=O)[C@@H](N)CCC(N)=O)C(=O)N[C@H](C(=O)O)[C@@H](C)O. The molecule has 11 amide bonds. The van der Waals surface area contributed by atoms with Crippen LogP contribution >= 0.6 is 0 Å². The van der Waals surface area contributed by atoms with Gasteiger partial charge in [-0.25, -0.2) is 4.79 Å². The average Bonchev–Trinajstić information content (AvgIpc) is 4.05. The van der Waals surface area contributed by atoms with Crippen LogP contribution in [0.15, 0.2) is 35.5 Å². The van der Waals surface area contributed by atoms with Crippen molar-refractivity contribution < 1.29 is 72.9 Å². The highest BCUT2D eigenvalue weighted by Crippen LogP contribution is 2.24. The molecule has 1 fully saturated rings. The number of benzene rings is 1. The number of aromatic amines is 1. The number of aliphatic carboxylic acids is 1. The highest BCUT2D eigenvalue weighted by atomic mass is 16.4. The number of nitrogens with two attached hydrogens (primary N) is 6. The minimum atomic E-state index is -1.91. The predicted octanol–water partition coefficient (Wildman–Crippen LogP) is -6.61. The maximum Gasteiger partial charge on any atom is 0.328 e. The Hall–Kier alpha value is -8.45. The Labute approximate surface area is 459 Å². The summed E-state index contributed by atoms with van der Waals surface area (Å²) in [5.74, 6) is -12.7. The van der Waals surface area contributed by atoms with E-state index < -0.39 is 151 Å². The molecule has 1 aliphatic heterocycles. The van der Waals surface area contributed by atoms with Crippen LogP contribution in [0.2, 0.25) is 0 Å². The lowest BCUT2D eigenvalue weighted by atomic mass is 10.0. The number of guanidine groups is 1. The second kappa shape index (κ2) is 31.8. The standard InChI is InChI=1S/C49H76N16O15/c1-23(2)18-31(44(75)64-39(24(3)67)48(79)80)61-46(77)35-11-7-17-65(35)47(78)33(19-25-21-57-28-9-5-4-8-26(25)28)62-43(74)32(20-38(53)70)60-45(76)34(22-66)63-41(72)29(10-6-16-56-49(54)55)59-42(73)30(13-15-37(52)69)58-40(71)27(50)12-14-36(51)68/h4-5,8-9,21,23-24,27,29-35,39,57,66-67H,6-7,10-20,22,50H2,1-3H3,(H2,51,68)(H2,52,69)(H2,53,70)(H,58,71)(H,59,73)(H,60,76)(H,61,77)(H,62,74)(H,63,72)(H,64,75)(H,79,80)(H4,54,55,56)/t24-,27+,29+,30+,31+,32+,33+,34+,35+,39+/m1/s1. The molecule has 1 saturated heterocycles. The van der Waals surface area contributed by atoms with E-state index in [0.717, 1.165) is 0 Å². The topological polar surface area (TPSA) is 537 Å². The van der Waals surface area contributed by atoms with E-state index in [9.17, 15) is 72.9 Å². The van der Waals surface area contributed by atoms with Crippen molar-refractivity contribution in [1.29, 1.82) is 0 Å². The number of carboxylic acid groups (broad SMARTS) is 1. The van der Waals surface area contributed by atoms with E-state index in [4.69, 9.17) is 34.4 Å². The molecule has 2 aromatic rings. The number of nitrogens with zero attached hydrogens (tertiary/aromatic N) is 2. The number of nitrogens with one attached hydrogen (secondary N) is 8. The Morgan fingerprint density at radius 3 is 1.82 bits per heavy atom. The van der Waals surface area contributed by atoms with Gasteiger partial charge in [-0.05, 0) is 69.4 Å². The molecule has 0 unspecified atom stereocenters. The molecule has 1 aromatic carbocycles. The molecule has 3 rings (SSSR count). The first-order valence-corrected chi connectivity index (χ1v) is 25.8. The van der Waals surface area contributed by atoms with Gasteiger partial charge in [0.05, 0.1) is 25.2 Å². The number of aliphatic hydroxyl groups is 2. The zero-order valence-electron chi connectivity index (χ0n) is 44.7. The summed E-state index contributed by atoms with van der Waals surface area (Å²) in [5, 5.41) is 47.4. The third-order valence-corrected chi connectivity index (χ3v) is 12.7. The Bertz CT molecular complexity index is 2590. The molecule has 10 atom stereocenters. The molecule has 0 aliphatic carbocycles. The van der Waals surface area contributed by atoms with Crippen molar-refractivity contribution >= 4 is 87.8 Å². The van der Waals surface area contributed by atoms with Gasteiger partial charge < -0.3 is 96.8 Å². The van der Waals surface area contributed by atoms with Gasteiger partial charge in [-0.2, -0.15) is 0 Å². The Kier molecular flexibility index (Phi) is 26.2. The van der Waals surface area contributed by atoms with Crippen molar-refractivity contribution in [2.75, 3.05) is 19.7 Å². The van der Waals surface area contributed by atoms with Crippen LogP contribution in [0, 0.1) is 5.92 Å². The highest BCUT2D eigenvalue weighted by molar-refractivity contribution is 6.00. The molecular weight excluding hydrogens is 1050 g/mol. The lowest BCUT2D eigenvalue weighted by Gasteiger charge is -2.31. The van der Waals surface area contributed by atoms with Crippen LogP contribution in [-0.2, 0) is 64.0 Å². The largest absolute Gasteiger partial charge is 0.480 e. The summed E-state index contributed by atoms with van der Waals surface area (Å²) in [5.41, 5.74) is 33.9. The van der Waals surface area contributed by atoms with Gasteiger partial charge in [0.1, 0.15) is 42.3 Å². The highest BCUT2D eigenvalue weighted by Gasteiger charge is 2.41. The van der Waals surface area contributed by atoms with Gasteiger partial charge in [0.2, 0.25) is 65.0 Å². The molecule has 80 heavy (non-hydrogen) atoms. The molecule has 31 heteroatoms. The van der Waals surface area contributed by atoms with E-state index in [2.05, 4.69) is 47.2 Å². The smallest absolute Gasteiger partial charge is 0.328 e. The van der Waals surface area contributed by atoms with Crippen molar-refractivity contribution in [2.24, 2.45) is 45.3 Å².